The zero-order valence-electron chi connectivity index (χ0n) is 8.64. The summed E-state index contributed by atoms with van der Waals surface area (Å²) in [7, 11) is 0. The van der Waals surface area contributed by atoms with Crippen molar-refractivity contribution in [1.82, 2.24) is 5.32 Å². The van der Waals surface area contributed by atoms with E-state index in [4.69, 9.17) is 11.1 Å². The monoisotopic (exact) mass is 285 g/mol. The number of rotatable bonds is 1. The highest BCUT2D eigenvalue weighted by molar-refractivity contribution is 6.04. The molecule has 0 atom stereocenters. The number of hydrogen-bond acceptors (Lipinski definition) is 2. The molecule has 18 heavy (non-hydrogen) atoms. The van der Waals surface area contributed by atoms with Crippen LogP contribution in [0, 0.1) is 11.2 Å². The fraction of sp³-hybridized carbons (Fsp3) is 0.111. The van der Waals surface area contributed by atoms with E-state index in [0.717, 1.165) is 0 Å². The third-order valence-corrected chi connectivity index (χ3v) is 1.74. The van der Waals surface area contributed by atoms with Crippen molar-refractivity contribution in [3.63, 3.8) is 0 Å². The van der Waals surface area contributed by atoms with Crippen molar-refractivity contribution >= 4 is 24.3 Å². The number of hydrogen-bond donors (Lipinski definition) is 3. The Morgan fingerprint density at radius 2 is 1.83 bits per heavy atom. The number of benzene rings is 1. The minimum absolute atomic E-state index is 0. The van der Waals surface area contributed by atoms with E-state index < -0.39 is 35.0 Å². The van der Waals surface area contributed by atoms with Gasteiger partial charge in [0.05, 0.1) is 5.56 Å². The van der Waals surface area contributed by atoms with Crippen LogP contribution in [0.3, 0.4) is 0 Å². The molecule has 0 saturated heterocycles. The van der Waals surface area contributed by atoms with Gasteiger partial charge in [-0.3, -0.25) is 15.5 Å². The number of halogens is 5. The normalized spacial score (nSPS) is 10.4. The molecule has 0 aliphatic rings. The van der Waals surface area contributed by atoms with Crippen molar-refractivity contribution in [2.75, 3.05) is 0 Å². The van der Waals surface area contributed by atoms with Gasteiger partial charge in [-0.2, -0.15) is 13.2 Å². The first-order valence-electron chi connectivity index (χ1n) is 4.23. The number of carbonyl (C=O) groups excluding carboxylic acids is 1. The van der Waals surface area contributed by atoms with Gasteiger partial charge in [-0.05, 0) is 18.2 Å². The Morgan fingerprint density at radius 3 is 2.28 bits per heavy atom. The standard InChI is InChI=1S/C9H7F4N3O.ClH/c10-6-2-4(7(17)16-8(14)15)1-5(3-6)9(11,12)13;/h1-3H,(H4,14,15,16,17);1H. The zero-order valence-corrected chi connectivity index (χ0v) is 9.45. The Hall–Kier alpha value is -1.83. The first-order valence-corrected chi connectivity index (χ1v) is 4.23. The van der Waals surface area contributed by atoms with Gasteiger partial charge in [0.15, 0.2) is 5.96 Å². The fourth-order valence-corrected chi connectivity index (χ4v) is 1.08. The van der Waals surface area contributed by atoms with E-state index in [1.165, 1.54) is 0 Å². The molecule has 4 nitrogen and oxygen atoms in total. The molecular formula is C9H8ClF4N3O. The molecule has 0 aromatic heterocycles. The SMILES string of the molecule is Cl.N=C(N)NC(=O)c1cc(F)cc(C(F)(F)F)c1. The molecule has 0 aliphatic carbocycles. The van der Waals surface area contributed by atoms with Gasteiger partial charge in [0.2, 0.25) is 0 Å². The minimum atomic E-state index is -4.76. The van der Waals surface area contributed by atoms with E-state index in [-0.39, 0.29) is 18.5 Å². The fourth-order valence-electron chi connectivity index (χ4n) is 1.08. The minimum Gasteiger partial charge on any atom is -0.370 e. The third-order valence-electron chi connectivity index (χ3n) is 1.74. The lowest BCUT2D eigenvalue weighted by molar-refractivity contribution is -0.137. The van der Waals surface area contributed by atoms with E-state index in [0.29, 0.717) is 12.1 Å². The Balaban J connectivity index is 0.00000289. The lowest BCUT2D eigenvalue weighted by Gasteiger charge is -2.09. The summed E-state index contributed by atoms with van der Waals surface area (Å²) in [6, 6.07) is 1.36. The molecule has 1 aromatic rings. The summed E-state index contributed by atoms with van der Waals surface area (Å²) in [5, 5.41) is 8.49. The molecule has 4 N–H and O–H groups in total. The van der Waals surface area contributed by atoms with Crippen molar-refractivity contribution in [1.29, 1.82) is 5.41 Å². The van der Waals surface area contributed by atoms with Gasteiger partial charge in [0, 0.05) is 5.56 Å². The zero-order chi connectivity index (χ0) is 13.2. The number of alkyl halides is 3. The first kappa shape index (κ1) is 16.2. The lowest BCUT2D eigenvalue weighted by Crippen LogP contribution is -2.35. The van der Waals surface area contributed by atoms with Crippen molar-refractivity contribution in [3.05, 3.63) is 35.1 Å². The molecule has 1 amide bonds. The molecule has 0 unspecified atom stereocenters. The molecule has 1 rings (SSSR count). The number of amides is 1. The molecule has 1 aromatic carbocycles. The summed E-state index contributed by atoms with van der Waals surface area (Å²) in [5.41, 5.74) is 2.98. The largest absolute Gasteiger partial charge is 0.416 e. The highest BCUT2D eigenvalue weighted by atomic mass is 35.5. The van der Waals surface area contributed by atoms with E-state index in [9.17, 15) is 22.4 Å². The molecule has 0 spiro atoms. The average molecular weight is 286 g/mol. The van der Waals surface area contributed by atoms with Gasteiger partial charge in [-0.1, -0.05) is 0 Å². The summed E-state index contributed by atoms with van der Waals surface area (Å²) < 4.78 is 49.8. The maximum atomic E-state index is 12.9. The number of nitrogens with two attached hydrogens (primary N) is 1. The topological polar surface area (TPSA) is 79.0 Å². The van der Waals surface area contributed by atoms with E-state index in [2.05, 4.69) is 0 Å². The molecule has 0 radical (unpaired) electrons. The highest BCUT2D eigenvalue weighted by Gasteiger charge is 2.32. The van der Waals surface area contributed by atoms with Gasteiger partial charge in [-0.15, -0.1) is 12.4 Å². The van der Waals surface area contributed by atoms with Crippen molar-refractivity contribution < 1.29 is 22.4 Å². The van der Waals surface area contributed by atoms with Crippen LogP contribution in [0.1, 0.15) is 15.9 Å². The van der Waals surface area contributed by atoms with Gasteiger partial charge < -0.3 is 5.73 Å². The predicted octanol–water partition coefficient (Wildman–Crippen LogP) is 1.89. The summed E-state index contributed by atoms with van der Waals surface area (Å²) in [6.45, 7) is 0. The second-order valence-electron chi connectivity index (χ2n) is 3.09. The summed E-state index contributed by atoms with van der Waals surface area (Å²) in [4.78, 5) is 11.2. The van der Waals surface area contributed by atoms with E-state index in [1.54, 1.807) is 5.32 Å². The smallest absolute Gasteiger partial charge is 0.370 e. The van der Waals surface area contributed by atoms with Crippen LogP contribution < -0.4 is 11.1 Å². The number of nitrogens with one attached hydrogen (secondary N) is 2. The van der Waals surface area contributed by atoms with Crippen molar-refractivity contribution in [3.8, 4) is 0 Å². The van der Waals surface area contributed by atoms with Crippen LogP contribution in [0.4, 0.5) is 17.6 Å². The Kier molecular flexibility index (Phi) is 5.10. The first-order chi connectivity index (χ1) is 7.70. The van der Waals surface area contributed by atoms with Gasteiger partial charge >= 0.3 is 6.18 Å². The predicted molar refractivity (Wildman–Crippen MR) is 58.0 cm³/mol. The van der Waals surface area contributed by atoms with Crippen LogP contribution in [0.15, 0.2) is 18.2 Å². The molecule has 0 heterocycles. The third kappa shape index (κ3) is 4.21. The summed E-state index contributed by atoms with van der Waals surface area (Å²) >= 11 is 0. The lowest BCUT2D eigenvalue weighted by atomic mass is 10.1. The Bertz CT molecular complexity index is 475. The quantitative estimate of drug-likeness (QED) is 0.418. The Morgan fingerprint density at radius 1 is 1.28 bits per heavy atom. The number of guanidine groups is 1. The second-order valence-corrected chi connectivity index (χ2v) is 3.09. The molecule has 0 bridgehead atoms. The molecule has 0 saturated carbocycles. The van der Waals surface area contributed by atoms with Crippen LogP contribution in [0.25, 0.3) is 0 Å². The van der Waals surface area contributed by atoms with Gasteiger partial charge in [0.1, 0.15) is 5.82 Å². The summed E-state index contributed by atoms with van der Waals surface area (Å²) in [6.07, 6.45) is -4.76. The Labute approximate surface area is 105 Å². The maximum Gasteiger partial charge on any atom is 0.416 e. The van der Waals surface area contributed by atoms with Gasteiger partial charge in [0.25, 0.3) is 5.91 Å². The molecule has 9 heteroatoms. The van der Waals surface area contributed by atoms with Crippen molar-refractivity contribution in [2.24, 2.45) is 5.73 Å². The average Bonchev–Trinajstić information content (AvgIpc) is 2.14. The van der Waals surface area contributed by atoms with Crippen LogP contribution in [0.2, 0.25) is 0 Å². The van der Waals surface area contributed by atoms with Crippen molar-refractivity contribution in [2.45, 2.75) is 6.18 Å². The van der Waals surface area contributed by atoms with Gasteiger partial charge in [-0.25, -0.2) is 4.39 Å². The molecule has 100 valence electrons. The molecule has 0 fully saturated rings. The highest BCUT2D eigenvalue weighted by Crippen LogP contribution is 2.30. The molecule has 0 aliphatic heterocycles. The van der Waals surface area contributed by atoms with Crippen LogP contribution in [-0.4, -0.2) is 11.9 Å². The summed E-state index contributed by atoms with van der Waals surface area (Å²) in [5.74, 6) is -3.02. The van der Waals surface area contributed by atoms with E-state index in [1.807, 2.05) is 0 Å². The second kappa shape index (κ2) is 5.67. The van der Waals surface area contributed by atoms with Crippen LogP contribution >= 0.6 is 12.4 Å². The van der Waals surface area contributed by atoms with E-state index >= 15 is 0 Å². The van der Waals surface area contributed by atoms with Crippen LogP contribution in [-0.2, 0) is 6.18 Å². The molecular weight excluding hydrogens is 278 g/mol. The van der Waals surface area contributed by atoms with Crippen LogP contribution in [0.5, 0.6) is 0 Å². The maximum absolute atomic E-state index is 12.9. The number of carbonyl (C=O) groups is 1.